The van der Waals surface area contributed by atoms with Crippen LogP contribution in [-0.4, -0.2) is 35.4 Å². The number of halogens is 1. The van der Waals surface area contributed by atoms with Crippen molar-refractivity contribution in [1.29, 1.82) is 0 Å². The zero-order valence-corrected chi connectivity index (χ0v) is 15.8. The number of aromatic nitrogens is 1. The van der Waals surface area contributed by atoms with Crippen molar-refractivity contribution in [3.63, 3.8) is 0 Å². The maximum atomic E-state index is 13.6. The fraction of sp³-hybridized carbons (Fsp3) is 0.333. The third-order valence-electron chi connectivity index (χ3n) is 5.05. The molecule has 0 radical (unpaired) electrons. The number of nitrogens with zero attached hydrogens (tertiary/aromatic N) is 2. The van der Waals surface area contributed by atoms with Gasteiger partial charge in [-0.2, -0.15) is 0 Å². The van der Waals surface area contributed by atoms with Crippen LogP contribution in [0.5, 0.6) is 0 Å². The van der Waals surface area contributed by atoms with Gasteiger partial charge in [-0.05, 0) is 50.2 Å². The zero-order valence-electron chi connectivity index (χ0n) is 15.0. The highest BCUT2D eigenvalue weighted by Crippen LogP contribution is 2.33. The summed E-state index contributed by atoms with van der Waals surface area (Å²) in [6, 6.07) is 14.5. The molecule has 4 nitrogen and oxygen atoms in total. The number of nitrogens with one attached hydrogen (secondary N) is 1. The second-order valence-corrected chi connectivity index (χ2v) is 7.98. The Kier molecular flexibility index (Phi) is 5.45. The van der Waals surface area contributed by atoms with E-state index in [2.05, 4.69) is 28.4 Å². The van der Waals surface area contributed by atoms with Gasteiger partial charge >= 0.3 is 0 Å². The molecule has 0 unspecified atom stereocenters. The average Bonchev–Trinajstić information content (AvgIpc) is 3.13. The molecule has 1 saturated heterocycles. The SMILES string of the molecule is O=C(CCN1CCC(c2nc3ccccc3s2)CC1)Nc1ccccc1F. The smallest absolute Gasteiger partial charge is 0.225 e. The molecule has 6 heteroatoms. The molecule has 4 rings (SSSR count). The van der Waals surface area contributed by atoms with E-state index >= 15 is 0 Å². The van der Waals surface area contributed by atoms with Gasteiger partial charge in [-0.3, -0.25) is 4.79 Å². The standard InChI is InChI=1S/C21H22FN3OS/c22-16-5-1-2-6-17(16)23-20(26)11-14-25-12-9-15(10-13-25)21-24-18-7-3-4-8-19(18)27-21/h1-8,15H,9-14H2,(H,23,26). The van der Waals surface area contributed by atoms with E-state index in [1.54, 1.807) is 29.5 Å². The number of anilines is 1. The summed E-state index contributed by atoms with van der Waals surface area (Å²) in [6.07, 6.45) is 2.50. The van der Waals surface area contributed by atoms with Gasteiger partial charge in [-0.25, -0.2) is 9.37 Å². The van der Waals surface area contributed by atoms with E-state index in [9.17, 15) is 9.18 Å². The highest BCUT2D eigenvalue weighted by molar-refractivity contribution is 7.18. The van der Waals surface area contributed by atoms with Gasteiger partial charge < -0.3 is 10.2 Å². The van der Waals surface area contributed by atoms with Crippen LogP contribution >= 0.6 is 11.3 Å². The molecule has 27 heavy (non-hydrogen) atoms. The summed E-state index contributed by atoms with van der Waals surface area (Å²) in [5.74, 6) is -0.0400. The minimum atomic E-state index is -0.400. The molecule has 1 aliphatic rings. The Balaban J connectivity index is 1.26. The Bertz CT molecular complexity index is 901. The molecule has 140 valence electrons. The number of benzene rings is 2. The summed E-state index contributed by atoms with van der Waals surface area (Å²) in [4.78, 5) is 19.2. The maximum absolute atomic E-state index is 13.6. The van der Waals surface area contributed by atoms with Crippen molar-refractivity contribution in [3.05, 3.63) is 59.4 Å². The number of fused-ring (bicyclic) bond motifs is 1. The first-order chi connectivity index (χ1) is 13.2. The lowest BCUT2D eigenvalue weighted by molar-refractivity contribution is -0.116. The van der Waals surface area contributed by atoms with Crippen molar-refractivity contribution < 1.29 is 9.18 Å². The van der Waals surface area contributed by atoms with Crippen molar-refractivity contribution in [3.8, 4) is 0 Å². The quantitative estimate of drug-likeness (QED) is 0.698. The number of piperidine rings is 1. The van der Waals surface area contributed by atoms with Gasteiger partial charge in [0, 0.05) is 18.9 Å². The normalized spacial score (nSPS) is 15.9. The highest BCUT2D eigenvalue weighted by Gasteiger charge is 2.23. The van der Waals surface area contributed by atoms with Gasteiger partial charge in [0.05, 0.1) is 20.9 Å². The van der Waals surface area contributed by atoms with Gasteiger partial charge in [0.25, 0.3) is 0 Å². The predicted molar refractivity (Wildman–Crippen MR) is 108 cm³/mol. The van der Waals surface area contributed by atoms with Crippen LogP contribution < -0.4 is 5.32 Å². The first kappa shape index (κ1) is 18.1. The molecule has 0 spiro atoms. The second-order valence-electron chi connectivity index (χ2n) is 6.91. The van der Waals surface area contributed by atoms with Gasteiger partial charge in [0.15, 0.2) is 0 Å². The van der Waals surface area contributed by atoms with Crippen LogP contribution in [0.2, 0.25) is 0 Å². The first-order valence-electron chi connectivity index (χ1n) is 9.31. The van der Waals surface area contributed by atoms with Crippen molar-refractivity contribution >= 4 is 33.1 Å². The van der Waals surface area contributed by atoms with Gasteiger partial charge in [0.2, 0.25) is 5.91 Å². The molecular formula is C21H22FN3OS. The van der Waals surface area contributed by atoms with E-state index in [4.69, 9.17) is 4.98 Å². The molecule has 2 heterocycles. The van der Waals surface area contributed by atoms with Gasteiger partial charge in [0.1, 0.15) is 5.82 Å². The largest absolute Gasteiger partial charge is 0.324 e. The monoisotopic (exact) mass is 383 g/mol. The van der Waals surface area contributed by atoms with E-state index in [-0.39, 0.29) is 11.6 Å². The minimum absolute atomic E-state index is 0.145. The number of carbonyl (C=O) groups excluding carboxylic acids is 1. The number of thiazole rings is 1. The number of likely N-dealkylation sites (tertiary alicyclic amines) is 1. The highest BCUT2D eigenvalue weighted by atomic mass is 32.1. The lowest BCUT2D eigenvalue weighted by atomic mass is 9.97. The van der Waals surface area contributed by atoms with Crippen LogP contribution in [0.15, 0.2) is 48.5 Å². The van der Waals surface area contributed by atoms with E-state index in [0.29, 0.717) is 18.9 Å². The Hall–Kier alpha value is -2.31. The molecule has 1 fully saturated rings. The lowest BCUT2D eigenvalue weighted by Gasteiger charge is -2.30. The second kappa shape index (κ2) is 8.15. The third kappa shape index (κ3) is 4.34. The van der Waals surface area contributed by atoms with Crippen molar-refractivity contribution in [1.82, 2.24) is 9.88 Å². The summed E-state index contributed by atoms with van der Waals surface area (Å²) >= 11 is 1.80. The summed E-state index contributed by atoms with van der Waals surface area (Å²) in [5, 5.41) is 3.88. The molecule has 0 aliphatic carbocycles. The molecular weight excluding hydrogens is 361 g/mol. The summed E-state index contributed by atoms with van der Waals surface area (Å²) < 4.78 is 14.8. The summed E-state index contributed by atoms with van der Waals surface area (Å²) in [7, 11) is 0. The van der Waals surface area contributed by atoms with Gasteiger partial charge in [-0.15, -0.1) is 11.3 Å². The molecule has 1 N–H and O–H groups in total. The third-order valence-corrected chi connectivity index (χ3v) is 6.25. The number of hydrogen-bond donors (Lipinski definition) is 1. The molecule has 1 aromatic heterocycles. The van der Waals surface area contributed by atoms with Crippen LogP contribution in [-0.2, 0) is 4.79 Å². The molecule has 2 aromatic carbocycles. The average molecular weight is 383 g/mol. The van der Waals surface area contributed by atoms with E-state index in [0.717, 1.165) is 31.4 Å². The van der Waals surface area contributed by atoms with Crippen LogP contribution in [0.3, 0.4) is 0 Å². The van der Waals surface area contributed by atoms with Crippen molar-refractivity contribution in [2.75, 3.05) is 25.0 Å². The number of carbonyl (C=O) groups is 1. The number of rotatable bonds is 5. The van der Waals surface area contributed by atoms with Crippen LogP contribution in [0, 0.1) is 5.82 Å². The number of amides is 1. The molecule has 0 bridgehead atoms. The fourth-order valence-corrected chi connectivity index (χ4v) is 4.64. The number of para-hydroxylation sites is 2. The fourth-order valence-electron chi connectivity index (χ4n) is 3.50. The van der Waals surface area contributed by atoms with E-state index in [1.165, 1.54) is 15.8 Å². The maximum Gasteiger partial charge on any atom is 0.225 e. The van der Waals surface area contributed by atoms with Gasteiger partial charge in [-0.1, -0.05) is 24.3 Å². The Morgan fingerprint density at radius 1 is 1.15 bits per heavy atom. The van der Waals surface area contributed by atoms with Crippen LogP contribution in [0.4, 0.5) is 10.1 Å². The minimum Gasteiger partial charge on any atom is -0.324 e. The molecule has 3 aromatic rings. The number of hydrogen-bond acceptors (Lipinski definition) is 4. The van der Waals surface area contributed by atoms with E-state index < -0.39 is 5.82 Å². The zero-order chi connectivity index (χ0) is 18.6. The molecule has 1 amide bonds. The first-order valence-corrected chi connectivity index (χ1v) is 10.1. The summed E-state index contributed by atoms with van der Waals surface area (Å²) in [5.41, 5.74) is 1.33. The van der Waals surface area contributed by atoms with E-state index in [1.807, 2.05) is 6.07 Å². The van der Waals surface area contributed by atoms with Crippen LogP contribution in [0.25, 0.3) is 10.2 Å². The Morgan fingerprint density at radius 3 is 2.67 bits per heavy atom. The molecule has 1 aliphatic heterocycles. The van der Waals surface area contributed by atoms with Crippen LogP contribution in [0.1, 0.15) is 30.2 Å². The summed E-state index contributed by atoms with van der Waals surface area (Å²) in [6.45, 7) is 2.63. The molecule has 0 saturated carbocycles. The lowest BCUT2D eigenvalue weighted by Crippen LogP contribution is -2.35. The Labute approximate surface area is 162 Å². The Morgan fingerprint density at radius 2 is 1.89 bits per heavy atom. The van der Waals surface area contributed by atoms with Crippen molar-refractivity contribution in [2.45, 2.75) is 25.2 Å². The predicted octanol–water partition coefficient (Wildman–Crippen LogP) is 4.64. The topological polar surface area (TPSA) is 45.2 Å². The van der Waals surface area contributed by atoms with Crippen molar-refractivity contribution in [2.24, 2.45) is 0 Å². The molecule has 0 atom stereocenters.